The molecule has 0 atom stereocenters. The van der Waals surface area contributed by atoms with Gasteiger partial charge in [-0.2, -0.15) is 0 Å². The molecule has 0 saturated carbocycles. The topological polar surface area (TPSA) is 78.5 Å². The maximum atomic E-state index is 12.8. The molecule has 4 rings (SSSR count). The predicted octanol–water partition coefficient (Wildman–Crippen LogP) is 2.71. The molecule has 0 bridgehead atoms. The number of nitrogens with zero attached hydrogens (tertiary/aromatic N) is 3. The summed E-state index contributed by atoms with van der Waals surface area (Å²) in [4.78, 5) is 36.0. The molecule has 2 aromatic carbocycles. The zero-order chi connectivity index (χ0) is 20.1. The van der Waals surface area contributed by atoms with Crippen LogP contribution in [-0.2, 0) is 4.79 Å². The van der Waals surface area contributed by atoms with Crippen molar-refractivity contribution in [2.24, 2.45) is 0 Å². The number of piperazine rings is 1. The van der Waals surface area contributed by atoms with E-state index in [4.69, 9.17) is 4.74 Å². The van der Waals surface area contributed by atoms with Gasteiger partial charge in [-0.05, 0) is 36.8 Å². The molecule has 3 aromatic rings. The number of amides is 2. The van der Waals surface area contributed by atoms with Gasteiger partial charge in [0, 0.05) is 38.2 Å². The van der Waals surface area contributed by atoms with Crippen molar-refractivity contribution in [3.05, 3.63) is 60.4 Å². The summed E-state index contributed by atoms with van der Waals surface area (Å²) in [5, 5.41) is 0. The minimum atomic E-state index is -0.00939. The summed E-state index contributed by atoms with van der Waals surface area (Å²) in [6.07, 6.45) is 2.75. The lowest BCUT2D eigenvalue weighted by Crippen LogP contribution is -2.50. The molecule has 0 aliphatic carbocycles. The fourth-order valence-electron chi connectivity index (χ4n) is 3.50. The van der Waals surface area contributed by atoms with Gasteiger partial charge in [-0.3, -0.25) is 9.59 Å². The first-order valence-electron chi connectivity index (χ1n) is 9.89. The van der Waals surface area contributed by atoms with Crippen molar-refractivity contribution < 1.29 is 14.3 Å². The second-order valence-electron chi connectivity index (χ2n) is 7.07. The SMILES string of the molecule is O=C(CCCOc1ccccc1)N1CCN(C(=O)c2ccc3nc[nH]c3c2)CC1. The minimum Gasteiger partial charge on any atom is -0.494 e. The number of aromatic amines is 1. The Kier molecular flexibility index (Phi) is 5.74. The number of benzene rings is 2. The van der Waals surface area contributed by atoms with Crippen LogP contribution in [0.5, 0.6) is 5.75 Å². The average molecular weight is 392 g/mol. The number of fused-ring (bicyclic) bond motifs is 1. The Balaban J connectivity index is 1.22. The molecule has 150 valence electrons. The van der Waals surface area contributed by atoms with Crippen molar-refractivity contribution in [2.45, 2.75) is 12.8 Å². The molecular formula is C22H24N4O3. The highest BCUT2D eigenvalue weighted by Gasteiger charge is 2.24. The normalized spacial score (nSPS) is 14.2. The average Bonchev–Trinajstić information content (AvgIpc) is 3.25. The van der Waals surface area contributed by atoms with Crippen LogP contribution in [0.2, 0.25) is 0 Å². The summed E-state index contributed by atoms with van der Waals surface area (Å²) < 4.78 is 5.64. The molecular weight excluding hydrogens is 368 g/mol. The molecule has 7 heteroatoms. The van der Waals surface area contributed by atoms with Crippen LogP contribution >= 0.6 is 0 Å². The van der Waals surface area contributed by atoms with Crippen LogP contribution in [-0.4, -0.2) is 64.4 Å². The Morgan fingerprint density at radius 1 is 1.00 bits per heavy atom. The second-order valence-corrected chi connectivity index (χ2v) is 7.07. The van der Waals surface area contributed by atoms with E-state index in [0.29, 0.717) is 51.2 Å². The van der Waals surface area contributed by atoms with E-state index in [9.17, 15) is 9.59 Å². The largest absolute Gasteiger partial charge is 0.494 e. The highest BCUT2D eigenvalue weighted by Crippen LogP contribution is 2.15. The van der Waals surface area contributed by atoms with Crippen LogP contribution in [0.3, 0.4) is 0 Å². The third kappa shape index (κ3) is 4.56. The van der Waals surface area contributed by atoms with E-state index in [1.54, 1.807) is 17.3 Å². The Morgan fingerprint density at radius 3 is 2.55 bits per heavy atom. The van der Waals surface area contributed by atoms with Crippen LogP contribution in [0.4, 0.5) is 0 Å². The lowest BCUT2D eigenvalue weighted by atomic mass is 10.1. The number of hydrogen-bond donors (Lipinski definition) is 1. The van der Waals surface area contributed by atoms with Gasteiger partial charge in [-0.1, -0.05) is 18.2 Å². The van der Waals surface area contributed by atoms with Crippen molar-refractivity contribution in [3.63, 3.8) is 0 Å². The van der Waals surface area contributed by atoms with Crippen LogP contribution in [0.15, 0.2) is 54.9 Å². The summed E-state index contributed by atoms with van der Waals surface area (Å²) in [6, 6.07) is 15.1. The molecule has 0 radical (unpaired) electrons. The third-order valence-corrected chi connectivity index (χ3v) is 5.13. The van der Waals surface area contributed by atoms with Gasteiger partial charge in [-0.25, -0.2) is 4.98 Å². The third-order valence-electron chi connectivity index (χ3n) is 5.13. The van der Waals surface area contributed by atoms with Crippen LogP contribution in [0.25, 0.3) is 11.0 Å². The lowest BCUT2D eigenvalue weighted by molar-refractivity contribution is -0.132. The fraction of sp³-hybridized carbons (Fsp3) is 0.318. The molecule has 2 amide bonds. The number of imidazole rings is 1. The Morgan fingerprint density at radius 2 is 1.76 bits per heavy atom. The van der Waals surface area contributed by atoms with E-state index in [2.05, 4.69) is 9.97 Å². The van der Waals surface area contributed by atoms with Gasteiger partial charge in [0.05, 0.1) is 24.0 Å². The number of H-pyrrole nitrogens is 1. The molecule has 0 spiro atoms. The highest BCUT2D eigenvalue weighted by atomic mass is 16.5. The summed E-state index contributed by atoms with van der Waals surface area (Å²) >= 11 is 0. The molecule has 7 nitrogen and oxygen atoms in total. The summed E-state index contributed by atoms with van der Waals surface area (Å²) in [5.74, 6) is 0.929. The fourth-order valence-corrected chi connectivity index (χ4v) is 3.50. The number of carbonyl (C=O) groups excluding carboxylic acids is 2. The standard InChI is InChI=1S/C22H24N4O3/c27-21(7-4-14-29-18-5-2-1-3-6-18)25-10-12-26(13-11-25)22(28)17-8-9-19-20(15-17)24-16-23-19/h1-3,5-6,8-9,15-16H,4,7,10-14H2,(H,23,24). The maximum Gasteiger partial charge on any atom is 0.254 e. The first kappa shape index (κ1) is 19.0. The summed E-state index contributed by atoms with van der Waals surface area (Å²) in [5.41, 5.74) is 2.33. The Labute approximate surface area is 169 Å². The lowest BCUT2D eigenvalue weighted by Gasteiger charge is -2.35. The van der Waals surface area contributed by atoms with E-state index < -0.39 is 0 Å². The molecule has 1 N–H and O–H groups in total. The van der Waals surface area contributed by atoms with Crippen LogP contribution < -0.4 is 4.74 Å². The molecule has 1 aliphatic heterocycles. The van der Waals surface area contributed by atoms with Gasteiger partial charge >= 0.3 is 0 Å². The molecule has 1 aromatic heterocycles. The molecule has 29 heavy (non-hydrogen) atoms. The molecule has 0 unspecified atom stereocenters. The zero-order valence-electron chi connectivity index (χ0n) is 16.2. The zero-order valence-corrected chi connectivity index (χ0v) is 16.2. The van der Waals surface area contributed by atoms with Crippen molar-refractivity contribution in [1.82, 2.24) is 19.8 Å². The van der Waals surface area contributed by atoms with E-state index in [-0.39, 0.29) is 11.8 Å². The smallest absolute Gasteiger partial charge is 0.254 e. The van der Waals surface area contributed by atoms with Crippen molar-refractivity contribution >= 4 is 22.8 Å². The van der Waals surface area contributed by atoms with Crippen molar-refractivity contribution in [2.75, 3.05) is 32.8 Å². The number of hydrogen-bond acceptors (Lipinski definition) is 4. The van der Waals surface area contributed by atoms with Gasteiger partial charge in [0.25, 0.3) is 5.91 Å². The number of rotatable bonds is 6. The van der Waals surface area contributed by atoms with Gasteiger partial charge in [0.2, 0.25) is 5.91 Å². The molecule has 2 heterocycles. The first-order valence-corrected chi connectivity index (χ1v) is 9.89. The van der Waals surface area contributed by atoms with Crippen LogP contribution in [0.1, 0.15) is 23.2 Å². The first-order chi connectivity index (χ1) is 14.2. The van der Waals surface area contributed by atoms with Gasteiger partial charge in [-0.15, -0.1) is 0 Å². The summed E-state index contributed by atoms with van der Waals surface area (Å²) in [7, 11) is 0. The molecule has 1 aliphatic rings. The van der Waals surface area contributed by atoms with Crippen LogP contribution in [0, 0.1) is 0 Å². The number of ether oxygens (including phenoxy) is 1. The maximum absolute atomic E-state index is 12.8. The Bertz CT molecular complexity index is 978. The predicted molar refractivity (Wildman–Crippen MR) is 110 cm³/mol. The van der Waals surface area contributed by atoms with E-state index >= 15 is 0 Å². The van der Waals surface area contributed by atoms with Crippen molar-refractivity contribution in [1.29, 1.82) is 0 Å². The molecule has 1 saturated heterocycles. The number of aromatic nitrogens is 2. The molecule has 1 fully saturated rings. The van der Waals surface area contributed by atoms with Crippen molar-refractivity contribution in [3.8, 4) is 5.75 Å². The van der Waals surface area contributed by atoms with Gasteiger partial charge in [0.1, 0.15) is 5.75 Å². The summed E-state index contributed by atoms with van der Waals surface area (Å²) in [6.45, 7) is 2.75. The van der Waals surface area contributed by atoms with Gasteiger partial charge < -0.3 is 19.5 Å². The monoisotopic (exact) mass is 392 g/mol. The van der Waals surface area contributed by atoms with E-state index in [1.165, 1.54) is 0 Å². The van der Waals surface area contributed by atoms with Gasteiger partial charge in [0.15, 0.2) is 0 Å². The second kappa shape index (κ2) is 8.77. The number of nitrogens with one attached hydrogen (secondary N) is 1. The number of para-hydroxylation sites is 1. The van der Waals surface area contributed by atoms with E-state index in [1.807, 2.05) is 47.4 Å². The Hall–Kier alpha value is -3.35. The van der Waals surface area contributed by atoms with E-state index in [0.717, 1.165) is 16.8 Å². The number of carbonyl (C=O) groups is 2. The quantitative estimate of drug-likeness (QED) is 0.654. The highest BCUT2D eigenvalue weighted by molar-refractivity contribution is 5.97. The minimum absolute atomic E-state index is 0.00939.